The van der Waals surface area contributed by atoms with E-state index < -0.39 is 0 Å². The standard InChI is InChI=1S/C14H16Cl2N2O/c1-9-4-2-3-5-13(9)17-18-14(19)11-8-10(15)6-7-12(11)16/h6-9H,2-5H2,1H3,(H,18,19)/b17-13-/t9-/m0/s1. The molecule has 1 amide bonds. The Bertz CT molecular complexity index is 514. The molecule has 1 N–H and O–H groups in total. The molecule has 0 saturated heterocycles. The van der Waals surface area contributed by atoms with Gasteiger partial charge in [0.1, 0.15) is 0 Å². The van der Waals surface area contributed by atoms with Crippen molar-refractivity contribution in [1.82, 2.24) is 5.43 Å². The highest BCUT2D eigenvalue weighted by molar-refractivity contribution is 6.35. The maximum atomic E-state index is 12.0. The van der Waals surface area contributed by atoms with Gasteiger partial charge in [0.25, 0.3) is 5.91 Å². The van der Waals surface area contributed by atoms with Gasteiger partial charge in [-0.1, -0.05) is 36.5 Å². The number of benzene rings is 1. The Morgan fingerprint density at radius 2 is 2.16 bits per heavy atom. The van der Waals surface area contributed by atoms with Gasteiger partial charge in [0.15, 0.2) is 0 Å². The fourth-order valence-electron chi connectivity index (χ4n) is 2.19. The van der Waals surface area contributed by atoms with Gasteiger partial charge in [-0.3, -0.25) is 4.79 Å². The quantitative estimate of drug-likeness (QED) is 0.813. The third-order valence-electron chi connectivity index (χ3n) is 3.36. The van der Waals surface area contributed by atoms with Crippen LogP contribution >= 0.6 is 23.2 Å². The summed E-state index contributed by atoms with van der Waals surface area (Å²) in [4.78, 5) is 12.0. The van der Waals surface area contributed by atoms with E-state index >= 15 is 0 Å². The summed E-state index contributed by atoms with van der Waals surface area (Å²) in [7, 11) is 0. The van der Waals surface area contributed by atoms with E-state index in [1.165, 1.54) is 6.42 Å². The van der Waals surface area contributed by atoms with Crippen molar-refractivity contribution in [1.29, 1.82) is 0 Å². The molecule has 0 aromatic heterocycles. The fraction of sp³-hybridized carbons (Fsp3) is 0.429. The van der Waals surface area contributed by atoms with Gasteiger partial charge < -0.3 is 0 Å². The van der Waals surface area contributed by atoms with Crippen LogP contribution < -0.4 is 5.43 Å². The Labute approximate surface area is 123 Å². The van der Waals surface area contributed by atoms with Gasteiger partial charge in [-0.25, -0.2) is 5.43 Å². The molecule has 0 aliphatic heterocycles. The Morgan fingerprint density at radius 3 is 2.89 bits per heavy atom. The Morgan fingerprint density at radius 1 is 1.37 bits per heavy atom. The number of nitrogens with zero attached hydrogens (tertiary/aromatic N) is 1. The van der Waals surface area contributed by atoms with Crippen molar-refractivity contribution in [3.8, 4) is 0 Å². The molecule has 1 aromatic carbocycles. The lowest BCUT2D eigenvalue weighted by Crippen LogP contribution is -2.24. The zero-order chi connectivity index (χ0) is 13.8. The molecule has 0 bridgehead atoms. The molecule has 0 radical (unpaired) electrons. The molecule has 1 aliphatic carbocycles. The number of carbonyl (C=O) groups excluding carboxylic acids is 1. The summed E-state index contributed by atoms with van der Waals surface area (Å²) in [6, 6.07) is 4.80. The first-order chi connectivity index (χ1) is 9.08. The molecule has 1 saturated carbocycles. The van der Waals surface area contributed by atoms with E-state index in [9.17, 15) is 4.79 Å². The van der Waals surface area contributed by atoms with Gasteiger partial charge in [-0.05, 0) is 43.4 Å². The lowest BCUT2D eigenvalue weighted by atomic mass is 9.89. The molecular weight excluding hydrogens is 283 g/mol. The van der Waals surface area contributed by atoms with Crippen LogP contribution in [0, 0.1) is 5.92 Å². The van der Waals surface area contributed by atoms with Crippen LogP contribution in [0.15, 0.2) is 23.3 Å². The van der Waals surface area contributed by atoms with Crippen LogP contribution in [0.25, 0.3) is 0 Å². The molecule has 3 nitrogen and oxygen atoms in total. The fourth-order valence-corrected chi connectivity index (χ4v) is 2.57. The van der Waals surface area contributed by atoms with Crippen LogP contribution in [-0.4, -0.2) is 11.6 Å². The first-order valence-corrected chi connectivity index (χ1v) is 7.15. The second kappa shape index (κ2) is 6.40. The molecule has 0 heterocycles. The molecule has 2 rings (SSSR count). The first kappa shape index (κ1) is 14.4. The lowest BCUT2D eigenvalue weighted by molar-refractivity contribution is 0.0954. The maximum absolute atomic E-state index is 12.0. The number of hydrogen-bond acceptors (Lipinski definition) is 2. The number of hydrazone groups is 1. The van der Waals surface area contributed by atoms with Crippen molar-refractivity contribution in [2.24, 2.45) is 11.0 Å². The van der Waals surface area contributed by atoms with Crippen molar-refractivity contribution in [3.63, 3.8) is 0 Å². The zero-order valence-electron chi connectivity index (χ0n) is 10.7. The second-order valence-corrected chi connectivity index (χ2v) is 5.66. The van der Waals surface area contributed by atoms with Gasteiger partial charge in [0.05, 0.1) is 10.6 Å². The van der Waals surface area contributed by atoms with E-state index in [0.29, 0.717) is 21.5 Å². The van der Waals surface area contributed by atoms with Gasteiger partial charge >= 0.3 is 0 Å². The summed E-state index contributed by atoms with van der Waals surface area (Å²) in [6.07, 6.45) is 4.45. The molecule has 1 aliphatic rings. The van der Waals surface area contributed by atoms with Crippen LogP contribution in [0.5, 0.6) is 0 Å². The van der Waals surface area contributed by atoms with Crippen LogP contribution in [0.3, 0.4) is 0 Å². The van der Waals surface area contributed by atoms with E-state index in [2.05, 4.69) is 17.5 Å². The number of amides is 1. The van der Waals surface area contributed by atoms with Crippen molar-refractivity contribution in [3.05, 3.63) is 33.8 Å². The van der Waals surface area contributed by atoms with Crippen LogP contribution in [-0.2, 0) is 0 Å². The third kappa shape index (κ3) is 3.71. The van der Waals surface area contributed by atoms with Crippen LogP contribution in [0.4, 0.5) is 0 Å². The van der Waals surface area contributed by atoms with Crippen molar-refractivity contribution < 1.29 is 4.79 Å². The third-order valence-corrected chi connectivity index (χ3v) is 3.93. The van der Waals surface area contributed by atoms with E-state index in [0.717, 1.165) is 25.0 Å². The van der Waals surface area contributed by atoms with Crippen LogP contribution in [0.1, 0.15) is 43.0 Å². The number of halogens is 2. The number of rotatable bonds is 2. The minimum absolute atomic E-state index is 0.322. The molecule has 102 valence electrons. The lowest BCUT2D eigenvalue weighted by Gasteiger charge is -2.19. The first-order valence-electron chi connectivity index (χ1n) is 6.40. The summed E-state index contributed by atoms with van der Waals surface area (Å²) in [5.74, 6) is 0.113. The van der Waals surface area contributed by atoms with Crippen molar-refractivity contribution in [2.75, 3.05) is 0 Å². The van der Waals surface area contributed by atoms with E-state index in [1.807, 2.05) is 0 Å². The second-order valence-electron chi connectivity index (χ2n) is 4.82. The SMILES string of the molecule is C[C@H]1CCCC/C1=N/NC(=O)c1cc(Cl)ccc1Cl. The Hall–Kier alpha value is -1.06. The highest BCUT2D eigenvalue weighted by Gasteiger charge is 2.17. The predicted octanol–water partition coefficient (Wildman–Crippen LogP) is 4.29. The van der Waals surface area contributed by atoms with Gasteiger partial charge in [-0.15, -0.1) is 0 Å². The molecule has 1 atom stereocenters. The summed E-state index contributed by atoms with van der Waals surface area (Å²) in [6.45, 7) is 2.14. The maximum Gasteiger partial charge on any atom is 0.272 e. The van der Waals surface area contributed by atoms with E-state index in [-0.39, 0.29) is 5.91 Å². The minimum Gasteiger partial charge on any atom is -0.267 e. The molecule has 5 heteroatoms. The largest absolute Gasteiger partial charge is 0.272 e. The number of nitrogens with one attached hydrogen (secondary N) is 1. The summed E-state index contributed by atoms with van der Waals surface area (Å²) < 4.78 is 0. The summed E-state index contributed by atoms with van der Waals surface area (Å²) >= 11 is 11.8. The molecule has 19 heavy (non-hydrogen) atoms. The summed E-state index contributed by atoms with van der Waals surface area (Å²) in [5, 5.41) is 5.08. The molecular formula is C14H16Cl2N2O. The normalized spacial score (nSPS) is 21.4. The monoisotopic (exact) mass is 298 g/mol. The predicted molar refractivity (Wildman–Crippen MR) is 79.0 cm³/mol. The highest BCUT2D eigenvalue weighted by atomic mass is 35.5. The number of hydrogen-bond donors (Lipinski definition) is 1. The van der Waals surface area contributed by atoms with Crippen LogP contribution in [0.2, 0.25) is 10.0 Å². The molecule has 0 spiro atoms. The molecule has 0 unspecified atom stereocenters. The van der Waals surface area contributed by atoms with Gasteiger partial charge in [0, 0.05) is 10.7 Å². The number of carbonyl (C=O) groups is 1. The highest BCUT2D eigenvalue weighted by Crippen LogP contribution is 2.22. The molecule has 1 fully saturated rings. The average molecular weight is 299 g/mol. The Kier molecular flexibility index (Phi) is 4.83. The molecule has 1 aromatic rings. The van der Waals surface area contributed by atoms with E-state index in [4.69, 9.17) is 23.2 Å². The summed E-state index contributed by atoms with van der Waals surface area (Å²) in [5.41, 5.74) is 3.98. The van der Waals surface area contributed by atoms with E-state index in [1.54, 1.807) is 18.2 Å². The van der Waals surface area contributed by atoms with Gasteiger partial charge in [0.2, 0.25) is 0 Å². The average Bonchev–Trinajstić information content (AvgIpc) is 2.40. The van der Waals surface area contributed by atoms with Gasteiger partial charge in [-0.2, -0.15) is 5.10 Å². The van der Waals surface area contributed by atoms with Crippen molar-refractivity contribution >= 4 is 34.8 Å². The topological polar surface area (TPSA) is 41.5 Å². The minimum atomic E-state index is -0.322. The smallest absolute Gasteiger partial charge is 0.267 e. The van der Waals surface area contributed by atoms with Crippen molar-refractivity contribution in [2.45, 2.75) is 32.6 Å². The Balaban J connectivity index is 2.08. The zero-order valence-corrected chi connectivity index (χ0v) is 12.3.